The maximum atomic E-state index is 13.2. The normalized spacial score (nSPS) is 12.3. The molecule has 0 aliphatic heterocycles. The van der Waals surface area contributed by atoms with E-state index in [4.69, 9.17) is 11.6 Å². The third-order valence-electron chi connectivity index (χ3n) is 3.89. The van der Waals surface area contributed by atoms with Gasteiger partial charge < -0.3 is 5.32 Å². The first-order chi connectivity index (χ1) is 13.5. The Balaban J connectivity index is 2.25. The lowest BCUT2D eigenvalue weighted by molar-refractivity contribution is -0.141. The summed E-state index contributed by atoms with van der Waals surface area (Å²) in [6.07, 6.45) is -3.70. The largest absolute Gasteiger partial charge is 0.433 e. The van der Waals surface area contributed by atoms with Crippen LogP contribution in [0, 0.1) is 0 Å². The Hall–Kier alpha value is -2.66. The van der Waals surface area contributed by atoms with Gasteiger partial charge in [-0.1, -0.05) is 23.7 Å². The van der Waals surface area contributed by atoms with Crippen molar-refractivity contribution in [2.24, 2.45) is 0 Å². The second-order valence-electron chi connectivity index (χ2n) is 6.15. The summed E-state index contributed by atoms with van der Waals surface area (Å²) in [6, 6.07) is 7.96. The molecule has 0 radical (unpaired) electrons. The number of hydrogen-bond acceptors (Lipinski definition) is 6. The van der Waals surface area contributed by atoms with Crippen molar-refractivity contribution in [2.45, 2.75) is 6.18 Å². The number of para-hydroxylation sites is 1. The summed E-state index contributed by atoms with van der Waals surface area (Å²) in [5.74, 6) is -0.323. The number of benzene rings is 1. The smallest absolute Gasteiger partial charge is 0.368 e. The molecule has 0 atom stereocenters. The van der Waals surface area contributed by atoms with Crippen LogP contribution in [0.1, 0.15) is 5.69 Å². The van der Waals surface area contributed by atoms with E-state index in [9.17, 15) is 26.4 Å². The van der Waals surface area contributed by atoms with Crippen molar-refractivity contribution in [1.29, 1.82) is 0 Å². The molecule has 154 valence electrons. The van der Waals surface area contributed by atoms with Crippen molar-refractivity contribution in [2.75, 3.05) is 23.9 Å². The van der Waals surface area contributed by atoms with Crippen LogP contribution in [0.15, 0.2) is 41.2 Å². The molecule has 0 unspecified atom stereocenters. The van der Waals surface area contributed by atoms with Crippen molar-refractivity contribution in [3.63, 3.8) is 0 Å². The van der Waals surface area contributed by atoms with Gasteiger partial charge in [-0.2, -0.15) is 18.2 Å². The van der Waals surface area contributed by atoms with Crippen LogP contribution in [0.4, 0.5) is 19.0 Å². The molecule has 1 aromatic carbocycles. The minimum Gasteiger partial charge on any atom is -0.368 e. The zero-order valence-corrected chi connectivity index (χ0v) is 16.4. The van der Waals surface area contributed by atoms with E-state index in [0.717, 1.165) is 23.0 Å². The Bertz CT molecular complexity index is 1240. The van der Waals surface area contributed by atoms with Gasteiger partial charge in [-0.05, 0) is 24.3 Å². The molecule has 2 aromatic heterocycles. The first-order valence-electron chi connectivity index (χ1n) is 8.15. The maximum absolute atomic E-state index is 13.2. The van der Waals surface area contributed by atoms with Crippen molar-refractivity contribution in [1.82, 2.24) is 14.5 Å². The minimum atomic E-state index is -4.73. The summed E-state index contributed by atoms with van der Waals surface area (Å²) in [7, 11) is -3.30. The zero-order chi connectivity index (χ0) is 21.4. The Morgan fingerprint density at radius 1 is 1.14 bits per heavy atom. The van der Waals surface area contributed by atoms with E-state index in [1.54, 1.807) is 12.1 Å². The molecule has 0 fully saturated rings. The summed E-state index contributed by atoms with van der Waals surface area (Å²) < 4.78 is 63.1. The number of fused-ring (bicyclic) bond motifs is 1. The average molecular weight is 447 g/mol. The first-order valence-corrected chi connectivity index (χ1v) is 10.6. The van der Waals surface area contributed by atoms with Gasteiger partial charge in [-0.3, -0.25) is 0 Å². The highest BCUT2D eigenvalue weighted by atomic mass is 35.5. The predicted molar refractivity (Wildman–Crippen MR) is 103 cm³/mol. The summed E-state index contributed by atoms with van der Waals surface area (Å²) >= 11 is 6.11. The van der Waals surface area contributed by atoms with E-state index in [1.165, 1.54) is 12.1 Å². The highest BCUT2D eigenvalue weighted by Crippen LogP contribution is 2.31. The standard InChI is InChI=1S/C17H14ClF3N4O3S/c1-29(27,28)9-8-22-14-10-6-7-13(17(19,20)21)23-15(10)25(16(26)24-14)12-5-3-2-4-11(12)18/h2-7H,8-9H2,1H3,(H,22,24,26). The molecule has 7 nitrogen and oxygen atoms in total. The van der Waals surface area contributed by atoms with Gasteiger partial charge in [0.1, 0.15) is 21.3 Å². The fraction of sp³-hybridized carbons (Fsp3) is 0.235. The number of nitrogens with one attached hydrogen (secondary N) is 1. The summed E-state index contributed by atoms with van der Waals surface area (Å²) in [5.41, 5.74) is -2.31. The fourth-order valence-corrected chi connectivity index (χ4v) is 3.29. The third kappa shape index (κ3) is 4.67. The van der Waals surface area contributed by atoms with Gasteiger partial charge in [0.15, 0.2) is 5.65 Å². The van der Waals surface area contributed by atoms with Crippen LogP contribution in [0.2, 0.25) is 5.02 Å². The molecule has 2 heterocycles. The van der Waals surface area contributed by atoms with E-state index in [2.05, 4.69) is 15.3 Å². The lowest BCUT2D eigenvalue weighted by Crippen LogP contribution is -2.26. The molecule has 0 saturated heterocycles. The quantitative estimate of drug-likeness (QED) is 0.647. The highest BCUT2D eigenvalue weighted by Gasteiger charge is 2.33. The molecule has 0 bridgehead atoms. The van der Waals surface area contributed by atoms with Gasteiger partial charge in [-0.15, -0.1) is 0 Å². The Kier molecular flexibility index (Phi) is 5.54. The second-order valence-corrected chi connectivity index (χ2v) is 8.82. The number of rotatable bonds is 5. The number of anilines is 1. The SMILES string of the molecule is CS(=O)(=O)CCNc1nc(=O)n(-c2ccccc2Cl)c2nc(C(F)(F)F)ccc12. The molecule has 0 spiro atoms. The number of pyridine rings is 1. The molecule has 1 N–H and O–H groups in total. The number of hydrogen-bond donors (Lipinski definition) is 1. The molecule has 3 rings (SSSR count). The van der Waals surface area contributed by atoms with E-state index >= 15 is 0 Å². The number of sulfone groups is 1. The molecular weight excluding hydrogens is 433 g/mol. The molecule has 0 saturated carbocycles. The summed E-state index contributed by atoms with van der Waals surface area (Å²) in [5, 5.41) is 2.90. The van der Waals surface area contributed by atoms with Gasteiger partial charge in [0.25, 0.3) is 0 Å². The molecule has 0 aliphatic carbocycles. The molecule has 3 aromatic rings. The van der Waals surface area contributed by atoms with E-state index in [1.807, 2.05) is 0 Å². The van der Waals surface area contributed by atoms with Crippen LogP contribution in [0.5, 0.6) is 0 Å². The van der Waals surface area contributed by atoms with Crippen molar-refractivity contribution in [3.8, 4) is 5.69 Å². The number of aromatic nitrogens is 3. The third-order valence-corrected chi connectivity index (χ3v) is 5.16. The lowest BCUT2D eigenvalue weighted by Gasteiger charge is -2.15. The highest BCUT2D eigenvalue weighted by molar-refractivity contribution is 7.90. The van der Waals surface area contributed by atoms with Crippen LogP contribution in [0.25, 0.3) is 16.7 Å². The van der Waals surface area contributed by atoms with Crippen molar-refractivity contribution < 1.29 is 21.6 Å². The molecular formula is C17H14ClF3N4O3S. The monoisotopic (exact) mass is 446 g/mol. The number of nitrogens with zero attached hydrogens (tertiary/aromatic N) is 3. The van der Waals surface area contributed by atoms with Crippen LogP contribution in [-0.2, 0) is 16.0 Å². The van der Waals surface area contributed by atoms with Crippen molar-refractivity contribution in [3.05, 3.63) is 57.6 Å². The van der Waals surface area contributed by atoms with Crippen LogP contribution in [-0.4, -0.2) is 41.5 Å². The Morgan fingerprint density at radius 3 is 2.45 bits per heavy atom. The van der Waals surface area contributed by atoms with E-state index in [-0.39, 0.29) is 39.9 Å². The summed E-state index contributed by atoms with van der Waals surface area (Å²) in [4.78, 5) is 20.1. The predicted octanol–water partition coefficient (Wildman–Crippen LogP) is 2.91. The summed E-state index contributed by atoms with van der Waals surface area (Å²) in [6.45, 7) is -0.0858. The molecule has 0 amide bonds. The number of halogens is 4. The Morgan fingerprint density at radius 2 is 1.83 bits per heavy atom. The minimum absolute atomic E-state index is 0.0711. The zero-order valence-electron chi connectivity index (χ0n) is 14.9. The van der Waals surface area contributed by atoms with Crippen molar-refractivity contribution >= 4 is 38.3 Å². The molecule has 12 heteroatoms. The Labute approximate surface area is 168 Å². The van der Waals surface area contributed by atoms with Gasteiger partial charge in [0.2, 0.25) is 0 Å². The van der Waals surface area contributed by atoms with Gasteiger partial charge in [0, 0.05) is 12.8 Å². The lowest BCUT2D eigenvalue weighted by atomic mass is 10.2. The van der Waals surface area contributed by atoms with Crippen LogP contribution < -0.4 is 11.0 Å². The van der Waals surface area contributed by atoms with Gasteiger partial charge >= 0.3 is 11.9 Å². The fourth-order valence-electron chi connectivity index (χ4n) is 2.60. The number of alkyl halides is 3. The maximum Gasteiger partial charge on any atom is 0.433 e. The van der Waals surface area contributed by atoms with Gasteiger partial charge in [-0.25, -0.2) is 22.8 Å². The van der Waals surface area contributed by atoms with Crippen LogP contribution in [0.3, 0.4) is 0 Å². The van der Waals surface area contributed by atoms with Gasteiger partial charge in [0.05, 0.1) is 21.8 Å². The first kappa shape index (κ1) is 21.1. The van der Waals surface area contributed by atoms with Crippen LogP contribution >= 0.6 is 11.6 Å². The molecule has 29 heavy (non-hydrogen) atoms. The second kappa shape index (κ2) is 7.64. The topological polar surface area (TPSA) is 94.0 Å². The van der Waals surface area contributed by atoms with E-state index in [0.29, 0.717) is 0 Å². The van der Waals surface area contributed by atoms with E-state index < -0.39 is 27.4 Å². The molecule has 0 aliphatic rings. The average Bonchev–Trinajstić information content (AvgIpc) is 2.60.